The Morgan fingerprint density at radius 2 is 1.78 bits per heavy atom. The lowest BCUT2D eigenvalue weighted by atomic mass is 9.85. The quantitative estimate of drug-likeness (QED) is 0.444. The highest BCUT2D eigenvalue weighted by molar-refractivity contribution is 6.06. The fourth-order valence-electron chi connectivity index (χ4n) is 3.68. The van der Waals surface area contributed by atoms with Gasteiger partial charge in [-0.15, -0.1) is 0 Å². The first-order valence-electron chi connectivity index (χ1n) is 6.98. The molecule has 0 radical (unpaired) electrons. The molecule has 3 rings (SSSR count). The first kappa shape index (κ1) is 11.9. The third-order valence-corrected chi connectivity index (χ3v) is 4.50. The van der Waals surface area contributed by atoms with E-state index in [1.807, 2.05) is 0 Å². The summed E-state index contributed by atoms with van der Waals surface area (Å²) < 4.78 is 0. The van der Waals surface area contributed by atoms with Crippen molar-refractivity contribution in [1.29, 1.82) is 0 Å². The first-order valence-corrected chi connectivity index (χ1v) is 6.98. The molecule has 2 amide bonds. The van der Waals surface area contributed by atoms with Crippen molar-refractivity contribution in [3.8, 4) is 0 Å². The Bertz CT molecular complexity index is 375. The molecule has 1 heterocycles. The van der Waals surface area contributed by atoms with Crippen LogP contribution in [0.5, 0.6) is 0 Å². The van der Waals surface area contributed by atoms with E-state index >= 15 is 0 Å². The number of allylic oxidation sites excluding steroid dienone is 2. The van der Waals surface area contributed by atoms with Crippen LogP contribution in [0.1, 0.15) is 19.8 Å². The van der Waals surface area contributed by atoms with Crippen LogP contribution in [-0.2, 0) is 9.59 Å². The molecular weight excluding hydrogens is 228 g/mol. The molecule has 1 N–H and O–H groups in total. The zero-order chi connectivity index (χ0) is 12.7. The predicted octanol–water partition coefficient (Wildman–Crippen LogP) is 0.793. The van der Waals surface area contributed by atoms with Gasteiger partial charge in [0, 0.05) is 13.1 Å². The zero-order valence-electron chi connectivity index (χ0n) is 10.8. The molecule has 2 bridgehead atoms. The Balaban J connectivity index is 1.65. The topological polar surface area (TPSA) is 49.4 Å². The van der Waals surface area contributed by atoms with Crippen LogP contribution in [0, 0.1) is 23.7 Å². The molecule has 4 nitrogen and oxygen atoms in total. The summed E-state index contributed by atoms with van der Waals surface area (Å²) in [7, 11) is 0. The van der Waals surface area contributed by atoms with Gasteiger partial charge in [-0.2, -0.15) is 0 Å². The smallest absolute Gasteiger partial charge is 0.233 e. The minimum absolute atomic E-state index is 0.0429. The number of carbonyl (C=O) groups excluding carboxylic acids is 2. The van der Waals surface area contributed by atoms with Gasteiger partial charge in [0.15, 0.2) is 0 Å². The lowest BCUT2D eigenvalue weighted by Crippen LogP contribution is -2.38. The van der Waals surface area contributed by atoms with Crippen LogP contribution < -0.4 is 5.32 Å². The standard InChI is InChI=1S/C14H20N2O2/c1-2-5-15-6-7-16-13(17)11-9-3-4-10(8-9)12(11)14(16)18/h3-4,9-12,15H,2,5-8H2,1H3. The Labute approximate surface area is 107 Å². The van der Waals surface area contributed by atoms with Crippen molar-refractivity contribution in [3.63, 3.8) is 0 Å². The van der Waals surface area contributed by atoms with Gasteiger partial charge in [0.05, 0.1) is 11.8 Å². The number of likely N-dealkylation sites (tertiary alicyclic amines) is 1. The van der Waals surface area contributed by atoms with Crippen molar-refractivity contribution in [1.82, 2.24) is 10.2 Å². The Morgan fingerprint density at radius 3 is 2.33 bits per heavy atom. The second-order valence-electron chi connectivity index (χ2n) is 5.58. The molecule has 1 saturated heterocycles. The SMILES string of the molecule is CCCNCCN1C(=O)C2C3C=CC(C3)C2C1=O. The fourth-order valence-corrected chi connectivity index (χ4v) is 3.68. The number of hydrogen-bond donors (Lipinski definition) is 1. The largest absolute Gasteiger partial charge is 0.315 e. The van der Waals surface area contributed by atoms with E-state index < -0.39 is 0 Å². The molecule has 2 aliphatic carbocycles. The normalized spacial score (nSPS) is 36.8. The summed E-state index contributed by atoms with van der Waals surface area (Å²) in [6.07, 6.45) is 6.35. The van der Waals surface area contributed by atoms with E-state index in [0.717, 1.165) is 19.4 Å². The molecule has 1 saturated carbocycles. The minimum Gasteiger partial charge on any atom is -0.315 e. The molecule has 1 aliphatic heterocycles. The maximum atomic E-state index is 12.3. The Morgan fingerprint density at radius 1 is 1.17 bits per heavy atom. The predicted molar refractivity (Wildman–Crippen MR) is 67.6 cm³/mol. The number of imide groups is 1. The molecule has 2 fully saturated rings. The summed E-state index contributed by atoms with van der Waals surface area (Å²) >= 11 is 0. The molecule has 98 valence electrons. The van der Waals surface area contributed by atoms with E-state index in [-0.39, 0.29) is 23.7 Å². The van der Waals surface area contributed by atoms with Crippen molar-refractivity contribution >= 4 is 11.8 Å². The average Bonchev–Trinajstić information content (AvgIpc) is 3.02. The number of carbonyl (C=O) groups is 2. The van der Waals surface area contributed by atoms with E-state index in [4.69, 9.17) is 0 Å². The van der Waals surface area contributed by atoms with Gasteiger partial charge >= 0.3 is 0 Å². The third kappa shape index (κ3) is 1.62. The second kappa shape index (κ2) is 4.50. The highest BCUT2D eigenvalue weighted by Crippen LogP contribution is 2.52. The number of amides is 2. The summed E-state index contributed by atoms with van der Waals surface area (Å²) in [5, 5.41) is 3.25. The molecule has 3 aliphatic rings. The highest BCUT2D eigenvalue weighted by atomic mass is 16.2. The molecule has 0 aromatic rings. The first-order chi connectivity index (χ1) is 8.74. The van der Waals surface area contributed by atoms with Gasteiger partial charge in [-0.1, -0.05) is 19.1 Å². The van der Waals surface area contributed by atoms with Crippen LogP contribution in [0.3, 0.4) is 0 Å². The van der Waals surface area contributed by atoms with Gasteiger partial charge in [-0.05, 0) is 31.2 Å². The van der Waals surface area contributed by atoms with E-state index in [1.165, 1.54) is 4.90 Å². The molecule has 4 unspecified atom stereocenters. The van der Waals surface area contributed by atoms with Crippen molar-refractivity contribution in [2.24, 2.45) is 23.7 Å². The van der Waals surface area contributed by atoms with Gasteiger partial charge in [-0.25, -0.2) is 0 Å². The number of rotatable bonds is 5. The molecule has 0 aromatic heterocycles. The number of fused-ring (bicyclic) bond motifs is 5. The molecular formula is C14H20N2O2. The van der Waals surface area contributed by atoms with Crippen LogP contribution in [0.2, 0.25) is 0 Å². The van der Waals surface area contributed by atoms with Crippen molar-refractivity contribution in [2.75, 3.05) is 19.6 Å². The summed E-state index contributed by atoms with van der Waals surface area (Å²) in [6, 6.07) is 0. The van der Waals surface area contributed by atoms with E-state index in [0.29, 0.717) is 24.9 Å². The Hall–Kier alpha value is -1.16. The number of hydrogen-bond acceptors (Lipinski definition) is 3. The van der Waals surface area contributed by atoms with Gasteiger partial charge in [-0.3, -0.25) is 14.5 Å². The summed E-state index contributed by atoms with van der Waals surface area (Å²) in [5.41, 5.74) is 0. The van der Waals surface area contributed by atoms with Crippen molar-refractivity contribution < 1.29 is 9.59 Å². The monoisotopic (exact) mass is 248 g/mol. The average molecular weight is 248 g/mol. The molecule has 0 spiro atoms. The summed E-state index contributed by atoms with van der Waals surface area (Å²) in [4.78, 5) is 26.1. The van der Waals surface area contributed by atoms with E-state index in [9.17, 15) is 9.59 Å². The number of nitrogens with one attached hydrogen (secondary N) is 1. The lowest BCUT2D eigenvalue weighted by molar-refractivity contribution is -0.140. The molecule has 4 heteroatoms. The van der Waals surface area contributed by atoms with Gasteiger partial charge in [0.1, 0.15) is 0 Å². The van der Waals surface area contributed by atoms with E-state index in [1.54, 1.807) is 0 Å². The van der Waals surface area contributed by atoms with Crippen LogP contribution in [0.25, 0.3) is 0 Å². The lowest BCUT2D eigenvalue weighted by Gasteiger charge is -2.17. The maximum absolute atomic E-state index is 12.3. The van der Waals surface area contributed by atoms with Crippen LogP contribution >= 0.6 is 0 Å². The minimum atomic E-state index is -0.0429. The van der Waals surface area contributed by atoms with Gasteiger partial charge in [0.2, 0.25) is 11.8 Å². The molecule has 18 heavy (non-hydrogen) atoms. The van der Waals surface area contributed by atoms with Crippen LogP contribution in [0.4, 0.5) is 0 Å². The van der Waals surface area contributed by atoms with Gasteiger partial charge < -0.3 is 5.32 Å². The van der Waals surface area contributed by atoms with Crippen molar-refractivity contribution in [3.05, 3.63) is 12.2 Å². The molecule has 0 aromatic carbocycles. The summed E-state index contributed by atoms with van der Waals surface area (Å²) in [6.45, 7) is 4.29. The Kier molecular flexibility index (Phi) is 2.98. The summed E-state index contributed by atoms with van der Waals surface area (Å²) in [5.74, 6) is 0.702. The van der Waals surface area contributed by atoms with Crippen LogP contribution in [0.15, 0.2) is 12.2 Å². The second-order valence-corrected chi connectivity index (χ2v) is 5.58. The number of nitrogens with zero attached hydrogens (tertiary/aromatic N) is 1. The van der Waals surface area contributed by atoms with Crippen LogP contribution in [-0.4, -0.2) is 36.3 Å². The molecule has 4 atom stereocenters. The third-order valence-electron chi connectivity index (χ3n) is 4.50. The van der Waals surface area contributed by atoms with Gasteiger partial charge in [0.25, 0.3) is 0 Å². The highest BCUT2D eigenvalue weighted by Gasteiger charge is 2.58. The fraction of sp³-hybridized carbons (Fsp3) is 0.714. The maximum Gasteiger partial charge on any atom is 0.233 e. The van der Waals surface area contributed by atoms with Crippen molar-refractivity contribution in [2.45, 2.75) is 19.8 Å². The zero-order valence-corrected chi connectivity index (χ0v) is 10.8. The van der Waals surface area contributed by atoms with E-state index in [2.05, 4.69) is 24.4 Å².